The highest BCUT2D eigenvalue weighted by molar-refractivity contribution is 7.94. The fraction of sp³-hybridized carbons (Fsp3) is 0.214. The maximum Gasteiger partial charge on any atom is 0.239 e. The molecule has 1 aromatic heterocycles. The van der Waals surface area contributed by atoms with E-state index in [1.165, 1.54) is 26.4 Å². The van der Waals surface area contributed by atoms with Gasteiger partial charge in [0.1, 0.15) is 9.96 Å². The third kappa shape index (κ3) is 4.37. The third-order valence-corrected chi connectivity index (χ3v) is 6.27. The Morgan fingerprint density at radius 3 is 2.43 bits per heavy atom. The van der Waals surface area contributed by atoms with Crippen LogP contribution in [0, 0.1) is 0 Å². The molecule has 9 heteroatoms. The quantitative estimate of drug-likeness (QED) is 0.839. The maximum atomic E-state index is 12.1. The van der Waals surface area contributed by atoms with Gasteiger partial charge in [-0.05, 0) is 24.3 Å². The first kappa shape index (κ1) is 17.6. The van der Waals surface area contributed by atoms with Gasteiger partial charge in [0.05, 0.1) is 18.6 Å². The molecule has 23 heavy (non-hydrogen) atoms. The van der Waals surface area contributed by atoms with Gasteiger partial charge in [0.2, 0.25) is 5.91 Å². The molecule has 0 spiro atoms. The number of hydrogen-bond donors (Lipinski definition) is 1. The molecule has 6 nitrogen and oxygen atoms in total. The Morgan fingerprint density at radius 1 is 1.17 bits per heavy atom. The van der Waals surface area contributed by atoms with Crippen LogP contribution in [0.25, 0.3) is 0 Å². The number of thiophene rings is 1. The molecule has 0 fully saturated rings. The molecule has 2 rings (SSSR count). The van der Waals surface area contributed by atoms with Crippen molar-refractivity contribution in [1.82, 2.24) is 0 Å². The van der Waals surface area contributed by atoms with Crippen molar-refractivity contribution in [1.29, 1.82) is 0 Å². The van der Waals surface area contributed by atoms with E-state index in [9.17, 15) is 13.2 Å². The van der Waals surface area contributed by atoms with Crippen LogP contribution < -0.4 is 14.8 Å². The van der Waals surface area contributed by atoms with Crippen LogP contribution in [0.15, 0.2) is 34.5 Å². The van der Waals surface area contributed by atoms with Crippen LogP contribution in [0.2, 0.25) is 4.34 Å². The van der Waals surface area contributed by atoms with Crippen molar-refractivity contribution in [3.8, 4) is 11.5 Å². The van der Waals surface area contributed by atoms with Crippen molar-refractivity contribution in [3.05, 3.63) is 34.7 Å². The molecule has 0 aliphatic carbocycles. The molecule has 1 N–H and O–H groups in total. The van der Waals surface area contributed by atoms with E-state index in [2.05, 4.69) is 5.32 Å². The summed E-state index contributed by atoms with van der Waals surface area (Å²) >= 11 is 6.64. The molecule has 0 radical (unpaired) electrons. The zero-order valence-corrected chi connectivity index (χ0v) is 14.7. The number of ether oxygens (including phenoxy) is 2. The smallest absolute Gasteiger partial charge is 0.239 e. The molecule has 0 aliphatic heterocycles. The second-order valence-electron chi connectivity index (χ2n) is 4.44. The van der Waals surface area contributed by atoms with Crippen LogP contribution in [-0.4, -0.2) is 34.3 Å². The van der Waals surface area contributed by atoms with E-state index in [4.69, 9.17) is 21.1 Å². The summed E-state index contributed by atoms with van der Waals surface area (Å²) in [6, 6.07) is 7.61. The van der Waals surface area contributed by atoms with Gasteiger partial charge in [-0.1, -0.05) is 11.6 Å². The van der Waals surface area contributed by atoms with Gasteiger partial charge >= 0.3 is 0 Å². The average molecular weight is 376 g/mol. The predicted molar refractivity (Wildman–Crippen MR) is 89.6 cm³/mol. The van der Waals surface area contributed by atoms with Gasteiger partial charge in [0.25, 0.3) is 0 Å². The van der Waals surface area contributed by atoms with Crippen molar-refractivity contribution < 1.29 is 22.7 Å². The molecular weight excluding hydrogens is 362 g/mol. The van der Waals surface area contributed by atoms with E-state index in [1.807, 2.05) is 0 Å². The van der Waals surface area contributed by atoms with Crippen molar-refractivity contribution in [2.75, 3.05) is 25.3 Å². The van der Waals surface area contributed by atoms with E-state index >= 15 is 0 Å². The lowest BCUT2D eigenvalue weighted by molar-refractivity contribution is -0.113. The molecule has 1 aromatic carbocycles. The van der Waals surface area contributed by atoms with Gasteiger partial charge in [-0.15, -0.1) is 11.3 Å². The Bertz CT molecular complexity index is 816. The minimum absolute atomic E-state index is 0.0601. The second-order valence-corrected chi connectivity index (χ2v) is 8.37. The summed E-state index contributed by atoms with van der Waals surface area (Å²) in [6.45, 7) is 0. The normalized spacial score (nSPS) is 11.1. The number of methoxy groups -OCH3 is 2. The van der Waals surface area contributed by atoms with E-state index in [0.29, 0.717) is 21.5 Å². The summed E-state index contributed by atoms with van der Waals surface area (Å²) in [5, 5.41) is 2.52. The fourth-order valence-corrected chi connectivity index (χ4v) is 4.52. The number of amides is 1. The Kier molecular flexibility index (Phi) is 5.51. The Morgan fingerprint density at radius 2 is 1.87 bits per heavy atom. The first-order chi connectivity index (χ1) is 10.9. The molecule has 0 aliphatic rings. The Balaban J connectivity index is 2.10. The number of halogens is 1. The number of carbonyl (C=O) groups excluding carboxylic acids is 1. The molecule has 0 saturated carbocycles. The first-order valence-electron chi connectivity index (χ1n) is 6.35. The lowest BCUT2D eigenvalue weighted by Crippen LogP contribution is -2.22. The number of sulfone groups is 1. The largest absolute Gasteiger partial charge is 0.493 e. The lowest BCUT2D eigenvalue weighted by Gasteiger charge is -2.10. The van der Waals surface area contributed by atoms with Crippen molar-refractivity contribution >= 4 is 44.4 Å². The molecule has 0 bridgehead atoms. The van der Waals surface area contributed by atoms with E-state index in [0.717, 1.165) is 11.3 Å². The first-order valence-corrected chi connectivity index (χ1v) is 9.20. The van der Waals surface area contributed by atoms with Gasteiger partial charge in [0, 0.05) is 11.8 Å². The number of carbonyl (C=O) groups is 1. The van der Waals surface area contributed by atoms with Crippen molar-refractivity contribution in [2.24, 2.45) is 0 Å². The second kappa shape index (κ2) is 7.20. The highest BCUT2D eigenvalue weighted by atomic mass is 35.5. The van der Waals surface area contributed by atoms with Crippen LogP contribution in [0.3, 0.4) is 0 Å². The van der Waals surface area contributed by atoms with E-state index in [-0.39, 0.29) is 4.21 Å². The van der Waals surface area contributed by atoms with Crippen LogP contribution >= 0.6 is 22.9 Å². The maximum absolute atomic E-state index is 12.1. The van der Waals surface area contributed by atoms with Gasteiger partial charge < -0.3 is 14.8 Å². The summed E-state index contributed by atoms with van der Waals surface area (Å²) in [4.78, 5) is 12.0. The molecule has 1 heterocycles. The number of nitrogens with one attached hydrogen (secondary N) is 1. The van der Waals surface area contributed by atoms with Gasteiger partial charge in [-0.25, -0.2) is 8.42 Å². The van der Waals surface area contributed by atoms with E-state index in [1.54, 1.807) is 18.2 Å². The summed E-state index contributed by atoms with van der Waals surface area (Å²) in [5.74, 6) is -0.385. The highest BCUT2D eigenvalue weighted by Gasteiger charge is 2.21. The lowest BCUT2D eigenvalue weighted by atomic mass is 10.2. The topological polar surface area (TPSA) is 81.7 Å². The standard InChI is InChI=1S/C14H14ClNO5S2/c1-20-10-4-3-9(7-11(10)21-2)16-13(17)8-23(18,19)14-6-5-12(15)22-14/h3-7H,8H2,1-2H3,(H,16,17). The van der Waals surface area contributed by atoms with Gasteiger partial charge in [-0.3, -0.25) is 4.79 Å². The van der Waals surface area contributed by atoms with Crippen LogP contribution in [0.4, 0.5) is 5.69 Å². The number of benzene rings is 1. The number of hydrogen-bond acceptors (Lipinski definition) is 6. The summed E-state index contributed by atoms with van der Waals surface area (Å²) in [7, 11) is -0.760. The fourth-order valence-electron chi connectivity index (χ4n) is 1.82. The van der Waals surface area contributed by atoms with E-state index < -0.39 is 21.5 Å². The summed E-state index contributed by atoms with van der Waals surface area (Å²) < 4.78 is 34.9. The number of rotatable bonds is 6. The highest BCUT2D eigenvalue weighted by Crippen LogP contribution is 2.30. The predicted octanol–water partition coefficient (Wildman–Crippen LogP) is 2.83. The van der Waals surface area contributed by atoms with Crippen LogP contribution in [-0.2, 0) is 14.6 Å². The molecule has 0 atom stereocenters. The minimum atomic E-state index is -3.72. The zero-order valence-electron chi connectivity index (χ0n) is 12.3. The Hall–Kier alpha value is -1.77. The van der Waals surface area contributed by atoms with Crippen molar-refractivity contribution in [3.63, 3.8) is 0 Å². The average Bonchev–Trinajstić information content (AvgIpc) is 2.94. The zero-order chi connectivity index (χ0) is 17.0. The number of anilines is 1. The molecular formula is C14H14ClNO5S2. The van der Waals surface area contributed by atoms with Crippen LogP contribution in [0.5, 0.6) is 11.5 Å². The van der Waals surface area contributed by atoms with Crippen molar-refractivity contribution in [2.45, 2.75) is 4.21 Å². The SMILES string of the molecule is COc1ccc(NC(=O)CS(=O)(=O)c2ccc(Cl)s2)cc1OC. The molecule has 1 amide bonds. The summed E-state index contributed by atoms with van der Waals surface area (Å²) in [5.41, 5.74) is 0.409. The monoisotopic (exact) mass is 375 g/mol. The third-order valence-electron chi connectivity index (χ3n) is 2.84. The molecule has 0 saturated heterocycles. The minimum Gasteiger partial charge on any atom is -0.493 e. The van der Waals surface area contributed by atoms with Gasteiger partial charge in [-0.2, -0.15) is 0 Å². The Labute approximate surface area is 142 Å². The molecule has 2 aromatic rings. The van der Waals surface area contributed by atoms with Crippen LogP contribution in [0.1, 0.15) is 0 Å². The molecule has 0 unspecified atom stereocenters. The molecule has 124 valence electrons. The summed E-state index contributed by atoms with van der Waals surface area (Å²) in [6.07, 6.45) is 0. The van der Waals surface area contributed by atoms with Gasteiger partial charge in [0.15, 0.2) is 21.3 Å².